The maximum atomic E-state index is 11.5. The zero-order valence-corrected chi connectivity index (χ0v) is 14.8. The number of carbonyl (C=O) groups is 2. The Hall–Kier alpha value is -2.75. The van der Waals surface area contributed by atoms with Gasteiger partial charge in [0.1, 0.15) is 5.60 Å². The van der Waals surface area contributed by atoms with Crippen molar-refractivity contribution in [3.8, 4) is 0 Å². The first-order valence-electron chi connectivity index (χ1n) is 7.85. The van der Waals surface area contributed by atoms with Gasteiger partial charge in [0.15, 0.2) is 22.4 Å². The molecule has 0 aromatic carbocycles. The first kappa shape index (κ1) is 17.1. The van der Waals surface area contributed by atoms with E-state index in [-0.39, 0.29) is 12.2 Å². The maximum Gasteiger partial charge on any atom is 0.407 e. The molecule has 2 rings (SSSR count). The average Bonchev–Trinajstić information content (AvgIpc) is 2.89. The lowest BCUT2D eigenvalue weighted by atomic mass is 10.2. The molecule has 2 aromatic heterocycles. The number of rotatable bonds is 5. The van der Waals surface area contributed by atoms with E-state index in [1.165, 1.54) is 0 Å². The maximum absolute atomic E-state index is 11.5. The van der Waals surface area contributed by atoms with Crippen LogP contribution in [0.2, 0.25) is 1.41 Å². The molecule has 0 saturated carbocycles. The fraction of sp³-hybridized carbons (Fsp3) is 0.400. The third-order valence-corrected chi connectivity index (χ3v) is 3.70. The van der Waals surface area contributed by atoms with Crippen LogP contribution < -0.4 is 10.1 Å². The quantitative estimate of drug-likeness (QED) is 0.692. The van der Waals surface area contributed by atoms with Crippen molar-refractivity contribution in [1.82, 2.24) is 19.9 Å². The van der Waals surface area contributed by atoms with E-state index in [1.54, 1.807) is 37.5 Å². The number of carboxylic acid groups (broad SMARTS) is 1. The summed E-state index contributed by atoms with van der Waals surface area (Å²) in [5, 5.41) is 15.0. The number of carboxylic acids is 1. The molecule has 0 fully saturated rings. The Morgan fingerprint density at radius 3 is 2.92 bits per heavy atom. The summed E-state index contributed by atoms with van der Waals surface area (Å²) in [5.41, 5.74) is -0.285. The van der Waals surface area contributed by atoms with Crippen molar-refractivity contribution in [2.75, 3.05) is 6.54 Å². The lowest BCUT2D eigenvalue weighted by molar-refractivity contribution is 0.0533. The number of allylic oxidation sites excluding steroid dienone is 1. The summed E-state index contributed by atoms with van der Waals surface area (Å²) < 4.78 is 14.0. The predicted molar refractivity (Wildman–Crippen MR) is 91.6 cm³/mol. The summed E-state index contributed by atoms with van der Waals surface area (Å²) in [6.07, 6.45) is 4.15. The number of alkyl carbamates (subject to hydrolysis) is 1. The number of nitrogens with zero attached hydrogens (tertiary/aromatic N) is 3. The van der Waals surface area contributed by atoms with Gasteiger partial charge in [0.2, 0.25) is 0 Å². The van der Waals surface area contributed by atoms with E-state index in [0.717, 1.165) is 17.5 Å². The van der Waals surface area contributed by atoms with Crippen LogP contribution in [0.5, 0.6) is 0 Å². The van der Waals surface area contributed by atoms with Gasteiger partial charge in [-0.3, -0.25) is 9.97 Å². The van der Waals surface area contributed by atoms with Crippen LogP contribution in [0.4, 0.5) is 4.79 Å². The smallest absolute Gasteiger partial charge is 0.407 e. The van der Waals surface area contributed by atoms with E-state index in [0.29, 0.717) is 21.8 Å². The van der Waals surface area contributed by atoms with Crippen LogP contribution in [-0.2, 0) is 11.3 Å². The lowest BCUT2D eigenvalue weighted by Gasteiger charge is -2.19. The second-order valence-electron chi connectivity index (χ2n) is 6.04. The topological polar surface area (TPSA) is 130 Å². The van der Waals surface area contributed by atoms with Crippen LogP contribution in [0.15, 0.2) is 18.3 Å². The molecule has 2 heterocycles. The molecule has 1 amide bonds. The molecule has 3 N–H and O–H groups in total. The van der Waals surface area contributed by atoms with Gasteiger partial charge in [-0.15, -0.1) is 0 Å². The van der Waals surface area contributed by atoms with Crippen molar-refractivity contribution in [2.24, 2.45) is 0 Å². The molecule has 0 unspecified atom stereocenters. The standard InChI is InChI=1S/C15H19N5O4S/c1-15(2,3)24-14(23)17-6-4-5-7-20-10-11(25-13(20)16)19-9(8-18-10)12(21)22/h4-5,8,16H,6-7H2,1-3H3,(H,17,23)(H,21,22)/b5-4?,16-13+. The summed E-state index contributed by atoms with van der Waals surface area (Å²) in [7, 11) is 0. The number of ether oxygens (including phenoxy) is 1. The monoisotopic (exact) mass is 365 g/mol. The summed E-state index contributed by atoms with van der Waals surface area (Å²) in [6.45, 7) is 5.96. The first-order chi connectivity index (χ1) is 12.2. The summed E-state index contributed by atoms with van der Waals surface area (Å²) >= 11 is 1.08. The van der Waals surface area contributed by atoms with E-state index in [2.05, 4.69) is 20.7 Å². The fourth-order valence-electron chi connectivity index (χ4n) is 1.84. The molecular formula is C15H19N5O4S. The number of amides is 1. The zero-order valence-electron chi connectivity index (χ0n) is 15.0. The molecule has 0 spiro atoms. The van der Waals surface area contributed by atoms with Crippen LogP contribution in [0.1, 0.15) is 31.3 Å². The molecule has 25 heavy (non-hydrogen) atoms. The molecule has 0 aliphatic carbocycles. The second-order valence-corrected chi connectivity index (χ2v) is 6.99. The van der Waals surface area contributed by atoms with Crippen LogP contribution in [0.3, 0.4) is 0 Å². The number of carbonyl (C=O) groups excluding carboxylic acids is 1. The van der Waals surface area contributed by atoms with Crippen LogP contribution >= 0.6 is 11.3 Å². The van der Waals surface area contributed by atoms with E-state index < -0.39 is 17.7 Å². The van der Waals surface area contributed by atoms with Gasteiger partial charge in [-0.1, -0.05) is 23.5 Å². The van der Waals surface area contributed by atoms with Crippen molar-refractivity contribution < 1.29 is 20.8 Å². The van der Waals surface area contributed by atoms with Crippen LogP contribution in [0.25, 0.3) is 10.5 Å². The highest BCUT2D eigenvalue weighted by atomic mass is 32.1. The molecule has 0 atom stereocenters. The highest BCUT2D eigenvalue weighted by molar-refractivity contribution is 7.15. The number of hydrogen-bond donors (Lipinski definition) is 3. The Kier molecular flexibility index (Phi) is 5.08. The number of fused-ring (bicyclic) bond motifs is 1. The highest BCUT2D eigenvalue weighted by Gasteiger charge is 2.15. The first-order valence-corrected chi connectivity index (χ1v) is 8.22. The van der Waals surface area contributed by atoms with E-state index in [9.17, 15) is 9.59 Å². The van der Waals surface area contributed by atoms with Gasteiger partial charge in [0.05, 0.1) is 6.20 Å². The Balaban J connectivity index is 2.06. The number of hydrogen-bond acceptors (Lipinski definition) is 7. The van der Waals surface area contributed by atoms with Crippen LogP contribution in [-0.4, -0.2) is 43.8 Å². The Bertz CT molecular complexity index is 913. The molecule has 10 heteroatoms. The second kappa shape index (κ2) is 7.43. The van der Waals surface area contributed by atoms with Gasteiger partial charge in [-0.05, 0) is 20.8 Å². The number of thiazole rings is 1. The molecular weight excluding hydrogens is 346 g/mol. The predicted octanol–water partition coefficient (Wildman–Crippen LogP) is 1.75. The third-order valence-electron chi connectivity index (χ3n) is 2.83. The van der Waals surface area contributed by atoms with Gasteiger partial charge in [-0.2, -0.15) is 0 Å². The SMILES string of the molecule is [H]/N=c1/sc2nc(C(=O)O)cnc2n1CC=CCNC(=O)OC(C)(C)C. The largest absolute Gasteiger partial charge is 0.476 e. The van der Waals surface area contributed by atoms with Gasteiger partial charge < -0.3 is 15.2 Å². The average molecular weight is 365 g/mol. The van der Waals surface area contributed by atoms with Crippen molar-refractivity contribution >= 4 is 33.9 Å². The van der Waals surface area contributed by atoms with Gasteiger partial charge in [0, 0.05) is 13.1 Å². The Labute approximate surface area is 149 Å². The molecule has 0 radical (unpaired) electrons. The molecule has 0 aliphatic heterocycles. The fourth-order valence-corrected chi connectivity index (χ4v) is 2.68. The molecule has 134 valence electrons. The summed E-state index contributed by atoms with van der Waals surface area (Å²) in [5.74, 6) is -1.17. The molecule has 0 bridgehead atoms. The van der Waals surface area contributed by atoms with Gasteiger partial charge >= 0.3 is 12.1 Å². The number of nitrogens with one attached hydrogen (secondary N) is 2. The van der Waals surface area contributed by atoms with Crippen LogP contribution in [0, 0.1) is 5.40 Å². The van der Waals surface area contributed by atoms with Crippen molar-refractivity contribution in [1.29, 1.82) is 5.40 Å². The van der Waals surface area contributed by atoms with E-state index >= 15 is 0 Å². The minimum absolute atomic E-state index is 0.167. The zero-order chi connectivity index (χ0) is 19.3. The van der Waals surface area contributed by atoms with Gasteiger partial charge in [-0.25, -0.2) is 19.6 Å². The molecule has 2 aromatic rings. The normalized spacial score (nSPS) is 13.2. The highest BCUT2D eigenvalue weighted by Crippen LogP contribution is 2.12. The number of aromatic carboxylic acids is 1. The van der Waals surface area contributed by atoms with E-state index in [1.807, 2.05) is 0 Å². The molecule has 9 nitrogen and oxygen atoms in total. The van der Waals surface area contributed by atoms with Gasteiger partial charge in [0.25, 0.3) is 0 Å². The van der Waals surface area contributed by atoms with Crippen molar-refractivity contribution in [3.05, 3.63) is 28.8 Å². The Morgan fingerprint density at radius 1 is 1.52 bits per heavy atom. The Morgan fingerprint density at radius 2 is 2.28 bits per heavy atom. The molecule has 0 aliphatic rings. The van der Waals surface area contributed by atoms with Crippen molar-refractivity contribution in [2.45, 2.75) is 32.9 Å². The lowest BCUT2D eigenvalue weighted by Crippen LogP contribution is -2.32. The third kappa shape index (κ3) is 5.11. The van der Waals surface area contributed by atoms with E-state index in [4.69, 9.17) is 11.3 Å². The minimum Gasteiger partial charge on any atom is -0.476 e. The van der Waals surface area contributed by atoms with Crippen molar-refractivity contribution in [3.63, 3.8) is 0 Å². The number of aromatic nitrogens is 3. The summed E-state index contributed by atoms with van der Waals surface area (Å²) in [6, 6.07) is 0. The minimum atomic E-state index is -1.17. The molecule has 0 saturated heterocycles. The summed E-state index contributed by atoms with van der Waals surface area (Å²) in [4.78, 5) is 31.3.